The molecule has 1 aliphatic rings. The van der Waals surface area contributed by atoms with Gasteiger partial charge in [0.05, 0.1) is 4.92 Å². The van der Waals surface area contributed by atoms with Crippen molar-refractivity contribution in [2.75, 3.05) is 11.4 Å². The maximum Gasteiger partial charge on any atom is 0.289 e. The second-order valence-electron chi connectivity index (χ2n) is 5.01. The number of pyridine rings is 1. The molecule has 2 N–H and O–H groups in total. The van der Waals surface area contributed by atoms with Gasteiger partial charge in [-0.2, -0.15) is 5.26 Å². The first kappa shape index (κ1) is 14.2. The Morgan fingerprint density at radius 1 is 1.65 bits per heavy atom. The molecule has 1 saturated heterocycles. The third-order valence-electron chi connectivity index (χ3n) is 3.73. The van der Waals surface area contributed by atoms with Gasteiger partial charge in [-0.25, -0.2) is 4.98 Å². The fraction of sp³-hybridized carbons (Fsp3) is 0.538. The van der Waals surface area contributed by atoms with E-state index in [4.69, 9.17) is 5.73 Å². The van der Waals surface area contributed by atoms with Gasteiger partial charge in [-0.3, -0.25) is 10.1 Å². The van der Waals surface area contributed by atoms with E-state index in [0.717, 1.165) is 19.3 Å². The maximum atomic E-state index is 10.8. The number of anilines is 1. The van der Waals surface area contributed by atoms with Crippen LogP contribution in [0.2, 0.25) is 0 Å². The van der Waals surface area contributed by atoms with Crippen molar-refractivity contribution in [3.05, 3.63) is 27.9 Å². The zero-order valence-electron chi connectivity index (χ0n) is 11.3. The van der Waals surface area contributed by atoms with Gasteiger partial charge in [-0.15, -0.1) is 0 Å². The van der Waals surface area contributed by atoms with E-state index in [2.05, 4.69) is 11.9 Å². The minimum Gasteiger partial charge on any atom is -0.349 e. The number of piperidine rings is 1. The van der Waals surface area contributed by atoms with Crippen LogP contribution in [0.4, 0.5) is 11.5 Å². The molecule has 2 heterocycles. The summed E-state index contributed by atoms with van der Waals surface area (Å²) in [5, 5.41) is 20.0. The Morgan fingerprint density at radius 3 is 3.00 bits per heavy atom. The van der Waals surface area contributed by atoms with E-state index in [1.807, 2.05) is 11.0 Å². The van der Waals surface area contributed by atoms with Crippen molar-refractivity contribution in [1.29, 1.82) is 5.26 Å². The van der Waals surface area contributed by atoms with Crippen LogP contribution in [0.5, 0.6) is 0 Å². The zero-order chi connectivity index (χ0) is 14.7. The number of nitrogens with zero attached hydrogens (tertiary/aromatic N) is 4. The molecule has 7 nitrogen and oxygen atoms in total. The van der Waals surface area contributed by atoms with Crippen LogP contribution in [0.15, 0.2) is 12.3 Å². The Labute approximate surface area is 117 Å². The predicted octanol–water partition coefficient (Wildman–Crippen LogP) is 1.57. The van der Waals surface area contributed by atoms with Crippen LogP contribution in [-0.2, 0) is 0 Å². The highest BCUT2D eigenvalue weighted by atomic mass is 16.6. The topological polar surface area (TPSA) is 109 Å². The quantitative estimate of drug-likeness (QED) is 0.662. The fourth-order valence-electron chi connectivity index (χ4n) is 2.73. The summed E-state index contributed by atoms with van der Waals surface area (Å²) >= 11 is 0. The van der Waals surface area contributed by atoms with Crippen LogP contribution >= 0.6 is 0 Å². The third kappa shape index (κ3) is 2.56. The largest absolute Gasteiger partial charge is 0.349 e. The average Bonchev–Trinajstić information content (AvgIpc) is 2.46. The molecule has 0 bridgehead atoms. The first-order chi connectivity index (χ1) is 9.58. The first-order valence-electron chi connectivity index (χ1n) is 6.61. The molecule has 1 fully saturated rings. The Kier molecular flexibility index (Phi) is 4.15. The molecule has 7 heteroatoms. The van der Waals surface area contributed by atoms with Crippen LogP contribution < -0.4 is 10.6 Å². The molecule has 2 unspecified atom stereocenters. The molecule has 1 aromatic heterocycles. The van der Waals surface area contributed by atoms with E-state index in [1.165, 1.54) is 12.3 Å². The van der Waals surface area contributed by atoms with Gasteiger partial charge < -0.3 is 10.6 Å². The third-order valence-corrected chi connectivity index (χ3v) is 3.73. The molecule has 0 spiro atoms. The number of hydrogen-bond donors (Lipinski definition) is 1. The van der Waals surface area contributed by atoms with Crippen LogP contribution in [-0.4, -0.2) is 28.5 Å². The Bertz CT molecular complexity index is 554. The summed E-state index contributed by atoms with van der Waals surface area (Å²) < 4.78 is 0. The number of hydrogen-bond acceptors (Lipinski definition) is 6. The average molecular weight is 275 g/mol. The second kappa shape index (κ2) is 5.84. The summed E-state index contributed by atoms with van der Waals surface area (Å²) in [6.07, 6.45) is 4.24. The van der Waals surface area contributed by atoms with E-state index in [-0.39, 0.29) is 23.3 Å². The summed E-state index contributed by atoms with van der Waals surface area (Å²) in [5.74, 6) is 0.501. The van der Waals surface area contributed by atoms with E-state index in [1.54, 1.807) is 0 Å². The van der Waals surface area contributed by atoms with Crippen molar-refractivity contribution >= 4 is 11.5 Å². The highest BCUT2D eigenvalue weighted by Gasteiger charge is 2.30. The molecule has 0 radical (unpaired) electrons. The molecule has 0 aliphatic carbocycles. The van der Waals surface area contributed by atoms with Gasteiger partial charge in [-0.05, 0) is 26.2 Å². The van der Waals surface area contributed by atoms with Gasteiger partial charge in [0.1, 0.15) is 23.6 Å². The Balaban J connectivity index is 2.45. The van der Waals surface area contributed by atoms with Gasteiger partial charge in [0.25, 0.3) is 5.69 Å². The normalized spacial score (nSPS) is 22.4. The van der Waals surface area contributed by atoms with Gasteiger partial charge in [0, 0.05) is 24.7 Å². The molecule has 0 aromatic carbocycles. The molecular formula is C13H17N5O2. The van der Waals surface area contributed by atoms with Gasteiger partial charge in [0.2, 0.25) is 0 Å². The summed E-state index contributed by atoms with van der Waals surface area (Å²) in [4.78, 5) is 16.4. The second-order valence-corrected chi connectivity index (χ2v) is 5.01. The monoisotopic (exact) mass is 275 g/mol. The summed E-state index contributed by atoms with van der Waals surface area (Å²) in [5.41, 5.74) is 5.86. The maximum absolute atomic E-state index is 10.8. The van der Waals surface area contributed by atoms with Crippen molar-refractivity contribution < 1.29 is 4.92 Å². The van der Waals surface area contributed by atoms with Crippen molar-refractivity contribution in [3.63, 3.8) is 0 Å². The standard InChI is InChI=1S/C13H17N5O2/c1-9-3-2-4-11(7-15)17(9)13-10(6-14)5-12(8-16-13)18(19)20/h5,8-9,11H,2-4,7,15H2,1H3. The Hall–Kier alpha value is -2.20. The highest BCUT2D eigenvalue weighted by Crippen LogP contribution is 2.31. The van der Waals surface area contributed by atoms with Crippen LogP contribution in [0, 0.1) is 21.4 Å². The Morgan fingerprint density at radius 2 is 2.40 bits per heavy atom. The van der Waals surface area contributed by atoms with Crippen molar-refractivity contribution in [2.45, 2.75) is 38.3 Å². The molecule has 106 valence electrons. The molecule has 0 amide bonds. The van der Waals surface area contributed by atoms with Crippen LogP contribution in [0.1, 0.15) is 31.7 Å². The lowest BCUT2D eigenvalue weighted by molar-refractivity contribution is -0.385. The molecule has 1 aromatic rings. The molecular weight excluding hydrogens is 258 g/mol. The number of rotatable bonds is 3. The van der Waals surface area contributed by atoms with Crippen LogP contribution in [0.3, 0.4) is 0 Å². The van der Waals surface area contributed by atoms with Gasteiger partial charge in [-0.1, -0.05) is 0 Å². The number of aromatic nitrogens is 1. The smallest absolute Gasteiger partial charge is 0.289 e. The van der Waals surface area contributed by atoms with Crippen molar-refractivity contribution in [3.8, 4) is 6.07 Å². The van der Waals surface area contributed by atoms with Crippen molar-refractivity contribution in [1.82, 2.24) is 4.98 Å². The lowest BCUT2D eigenvalue weighted by Crippen LogP contribution is -2.49. The highest BCUT2D eigenvalue weighted by molar-refractivity contribution is 5.58. The zero-order valence-corrected chi connectivity index (χ0v) is 11.3. The molecule has 0 saturated carbocycles. The molecule has 2 atom stereocenters. The molecule has 1 aliphatic heterocycles. The van der Waals surface area contributed by atoms with Gasteiger partial charge >= 0.3 is 0 Å². The number of nitriles is 1. The summed E-state index contributed by atoms with van der Waals surface area (Å²) in [6.45, 7) is 2.54. The van der Waals surface area contributed by atoms with E-state index in [0.29, 0.717) is 12.4 Å². The summed E-state index contributed by atoms with van der Waals surface area (Å²) in [7, 11) is 0. The lowest BCUT2D eigenvalue weighted by atomic mass is 9.96. The van der Waals surface area contributed by atoms with Crippen LogP contribution in [0.25, 0.3) is 0 Å². The minimum absolute atomic E-state index is 0.125. The van der Waals surface area contributed by atoms with E-state index < -0.39 is 4.92 Å². The number of nitrogens with two attached hydrogens (primary N) is 1. The van der Waals surface area contributed by atoms with E-state index in [9.17, 15) is 15.4 Å². The SMILES string of the molecule is CC1CCCC(CN)N1c1ncc([N+](=O)[O-])cc1C#N. The predicted molar refractivity (Wildman–Crippen MR) is 74.2 cm³/mol. The number of nitro groups is 1. The fourth-order valence-corrected chi connectivity index (χ4v) is 2.73. The van der Waals surface area contributed by atoms with E-state index >= 15 is 0 Å². The molecule has 2 rings (SSSR count). The van der Waals surface area contributed by atoms with Crippen molar-refractivity contribution in [2.24, 2.45) is 5.73 Å². The first-order valence-corrected chi connectivity index (χ1v) is 6.61. The summed E-state index contributed by atoms with van der Waals surface area (Å²) in [6, 6.07) is 3.62. The molecule has 20 heavy (non-hydrogen) atoms. The minimum atomic E-state index is -0.544. The lowest BCUT2D eigenvalue weighted by Gasteiger charge is -2.41. The van der Waals surface area contributed by atoms with Gasteiger partial charge in [0.15, 0.2) is 0 Å².